The molecular formula is C34H40N4O4S4. The van der Waals surface area contributed by atoms with Gasteiger partial charge in [-0.3, -0.25) is 9.97 Å². The topological polar surface area (TPSA) is 120 Å². The third-order valence-electron chi connectivity index (χ3n) is 8.02. The summed E-state index contributed by atoms with van der Waals surface area (Å²) < 4.78 is 46.1. The Morgan fingerprint density at radius 3 is 1.33 bits per heavy atom. The molecule has 244 valence electrons. The second-order valence-corrected chi connectivity index (χ2v) is 18.6. The van der Waals surface area contributed by atoms with Crippen molar-refractivity contribution in [2.45, 2.75) is 71.7 Å². The summed E-state index contributed by atoms with van der Waals surface area (Å²) in [5.41, 5.74) is 5.37. The summed E-state index contributed by atoms with van der Waals surface area (Å²) >= 11 is 4.12. The van der Waals surface area contributed by atoms with Crippen LogP contribution in [0.15, 0.2) is 83.1 Å². The quantitative estimate of drug-likeness (QED) is 0.176. The van der Waals surface area contributed by atoms with Crippen LogP contribution < -0.4 is 0 Å². The van der Waals surface area contributed by atoms with Gasteiger partial charge in [-0.25, -0.2) is 26.8 Å². The summed E-state index contributed by atoms with van der Waals surface area (Å²) in [4.78, 5) is 18.6. The van der Waals surface area contributed by atoms with Crippen LogP contribution in [0.4, 0.5) is 0 Å². The first kappa shape index (κ1) is 34.5. The molecule has 0 N–H and O–H groups in total. The number of aryl methyl sites for hydroxylation is 2. The zero-order valence-corrected chi connectivity index (χ0v) is 29.5. The minimum Gasteiger partial charge on any atom is -0.261 e. The molecule has 8 nitrogen and oxygen atoms in total. The Labute approximate surface area is 281 Å². The molecule has 2 aliphatic heterocycles. The van der Waals surface area contributed by atoms with Crippen LogP contribution in [0.2, 0.25) is 0 Å². The lowest BCUT2D eigenvalue weighted by molar-refractivity contribution is 0.600. The normalized spacial score (nSPS) is 18.2. The maximum atomic E-state index is 11.5. The molecule has 2 aromatic heterocycles. The van der Waals surface area contributed by atoms with Crippen molar-refractivity contribution >= 4 is 43.2 Å². The van der Waals surface area contributed by atoms with Crippen molar-refractivity contribution in [3.63, 3.8) is 0 Å². The number of benzene rings is 2. The highest BCUT2D eigenvalue weighted by atomic mass is 32.2. The zero-order chi connectivity index (χ0) is 32.6. The predicted octanol–water partition coefficient (Wildman–Crippen LogP) is 6.75. The fourth-order valence-electron chi connectivity index (χ4n) is 5.44. The molecule has 0 unspecified atom stereocenters. The Morgan fingerprint density at radius 1 is 0.609 bits per heavy atom. The molecule has 6 rings (SSSR count). The van der Waals surface area contributed by atoms with Gasteiger partial charge in [0.15, 0.2) is 19.7 Å². The molecule has 0 radical (unpaired) electrons. The number of hydrogen-bond donors (Lipinski definition) is 0. The minimum absolute atomic E-state index is 0.323. The largest absolute Gasteiger partial charge is 0.261 e. The van der Waals surface area contributed by atoms with Crippen LogP contribution in [0.1, 0.15) is 49.9 Å². The molecule has 12 heteroatoms. The highest BCUT2D eigenvalue weighted by Crippen LogP contribution is 2.31. The molecule has 4 aromatic rings. The van der Waals surface area contributed by atoms with E-state index in [0.29, 0.717) is 9.79 Å². The minimum atomic E-state index is -3.17. The molecule has 0 saturated carbocycles. The molecule has 0 spiro atoms. The van der Waals surface area contributed by atoms with Gasteiger partial charge in [-0.2, -0.15) is 23.5 Å². The maximum Gasteiger partial charge on any atom is 0.175 e. The highest BCUT2D eigenvalue weighted by molar-refractivity contribution is 8.00. The second-order valence-electron chi connectivity index (χ2n) is 11.7. The van der Waals surface area contributed by atoms with Crippen molar-refractivity contribution in [2.24, 2.45) is 0 Å². The van der Waals surface area contributed by atoms with E-state index in [1.807, 2.05) is 12.4 Å². The van der Waals surface area contributed by atoms with Gasteiger partial charge < -0.3 is 0 Å². The second kappa shape index (κ2) is 15.9. The van der Waals surface area contributed by atoms with E-state index >= 15 is 0 Å². The Balaban J connectivity index is 0.000000181. The summed E-state index contributed by atoms with van der Waals surface area (Å²) in [6, 6.07) is 13.6. The Morgan fingerprint density at radius 2 is 1.00 bits per heavy atom. The standard InChI is InChI=1S/2C17H20N2O2S2/c2*1-23(20,21)16-8-4-13(5-9-16)17-12-18-11-14(19-17)6-7-15-3-2-10-22-15/h2*4-5,8-9,11-12,15H,2-3,6-7,10H2,1H3/t2*15-/m10/s1. The number of sulfone groups is 2. The van der Waals surface area contributed by atoms with Gasteiger partial charge in [-0.1, -0.05) is 24.3 Å². The molecule has 0 amide bonds. The summed E-state index contributed by atoms with van der Waals surface area (Å²) in [5.74, 6) is 2.56. The molecule has 0 aliphatic carbocycles. The molecule has 2 atom stereocenters. The van der Waals surface area contributed by atoms with Crippen LogP contribution in [0.5, 0.6) is 0 Å². The molecule has 46 heavy (non-hydrogen) atoms. The van der Waals surface area contributed by atoms with E-state index in [9.17, 15) is 16.8 Å². The predicted molar refractivity (Wildman–Crippen MR) is 189 cm³/mol. The van der Waals surface area contributed by atoms with Gasteiger partial charge in [-0.05, 0) is 87.1 Å². The summed E-state index contributed by atoms with van der Waals surface area (Å²) in [6.45, 7) is 0. The van der Waals surface area contributed by atoms with Crippen LogP contribution in [-0.4, -0.2) is 71.3 Å². The third kappa shape index (κ3) is 10.1. The monoisotopic (exact) mass is 696 g/mol. The molecule has 2 saturated heterocycles. The van der Waals surface area contributed by atoms with Crippen LogP contribution in [0, 0.1) is 0 Å². The van der Waals surface area contributed by atoms with E-state index < -0.39 is 19.7 Å². The van der Waals surface area contributed by atoms with Crippen LogP contribution in [0.25, 0.3) is 22.5 Å². The number of aromatic nitrogens is 4. The average Bonchev–Trinajstić information content (AvgIpc) is 3.78. The fourth-order valence-corrected chi connectivity index (χ4v) is 9.27. The van der Waals surface area contributed by atoms with Crippen molar-refractivity contribution in [1.82, 2.24) is 19.9 Å². The number of rotatable bonds is 10. The Hall–Kier alpha value is -2.80. The van der Waals surface area contributed by atoms with Crippen LogP contribution in [-0.2, 0) is 32.5 Å². The molecule has 2 aromatic carbocycles. The first-order chi connectivity index (χ1) is 22.0. The van der Waals surface area contributed by atoms with Gasteiger partial charge in [0.05, 0.1) is 45.0 Å². The van der Waals surface area contributed by atoms with E-state index in [4.69, 9.17) is 0 Å². The van der Waals surface area contributed by atoms with E-state index in [-0.39, 0.29) is 0 Å². The maximum absolute atomic E-state index is 11.5. The van der Waals surface area contributed by atoms with E-state index in [2.05, 4.69) is 43.5 Å². The van der Waals surface area contributed by atoms with Gasteiger partial charge in [0.25, 0.3) is 0 Å². The molecule has 4 heterocycles. The average molecular weight is 697 g/mol. The highest BCUT2D eigenvalue weighted by Gasteiger charge is 2.17. The van der Waals surface area contributed by atoms with Crippen molar-refractivity contribution in [3.8, 4) is 22.5 Å². The lowest BCUT2D eigenvalue weighted by Crippen LogP contribution is -2.02. The lowest BCUT2D eigenvalue weighted by atomic mass is 10.1. The smallest absolute Gasteiger partial charge is 0.175 e. The lowest BCUT2D eigenvalue weighted by Gasteiger charge is -2.08. The van der Waals surface area contributed by atoms with Crippen molar-refractivity contribution in [2.75, 3.05) is 24.0 Å². The Kier molecular flexibility index (Phi) is 11.9. The van der Waals surface area contributed by atoms with Gasteiger partial charge in [0.2, 0.25) is 0 Å². The molecular weight excluding hydrogens is 657 g/mol. The van der Waals surface area contributed by atoms with E-state index in [1.54, 1.807) is 60.9 Å². The van der Waals surface area contributed by atoms with E-state index in [0.717, 1.165) is 70.1 Å². The molecule has 2 fully saturated rings. The van der Waals surface area contributed by atoms with E-state index in [1.165, 1.54) is 49.7 Å². The van der Waals surface area contributed by atoms with Crippen LogP contribution in [0.3, 0.4) is 0 Å². The van der Waals surface area contributed by atoms with Crippen molar-refractivity contribution in [1.29, 1.82) is 0 Å². The summed E-state index contributed by atoms with van der Waals surface area (Å²) in [7, 11) is -6.33. The summed E-state index contributed by atoms with van der Waals surface area (Å²) in [6.07, 6.45) is 19.0. The zero-order valence-electron chi connectivity index (χ0n) is 26.2. The first-order valence-electron chi connectivity index (χ1n) is 15.5. The third-order valence-corrected chi connectivity index (χ3v) is 13.2. The summed E-state index contributed by atoms with van der Waals surface area (Å²) in [5, 5.41) is 1.52. The number of hydrogen-bond acceptors (Lipinski definition) is 10. The number of nitrogens with zero attached hydrogens (tertiary/aromatic N) is 4. The van der Waals surface area contributed by atoms with Gasteiger partial charge in [0, 0.05) is 46.5 Å². The Bertz CT molecular complexity index is 1670. The van der Waals surface area contributed by atoms with Gasteiger partial charge in [0.1, 0.15) is 0 Å². The first-order valence-corrected chi connectivity index (χ1v) is 21.4. The molecule has 0 bridgehead atoms. The van der Waals surface area contributed by atoms with Crippen molar-refractivity contribution in [3.05, 3.63) is 84.7 Å². The van der Waals surface area contributed by atoms with Crippen molar-refractivity contribution < 1.29 is 16.8 Å². The number of thioether (sulfide) groups is 2. The SMILES string of the molecule is CS(=O)(=O)c1ccc(-c2cncc(CC[C@@H]3CCCS3)n2)cc1.CS(=O)(=O)c1ccc(-c2cncc(CC[C@H]3CCCS3)n2)cc1. The van der Waals surface area contributed by atoms with Crippen LogP contribution >= 0.6 is 23.5 Å². The molecule has 2 aliphatic rings. The van der Waals surface area contributed by atoms with Gasteiger partial charge >= 0.3 is 0 Å². The fraction of sp³-hybridized carbons (Fsp3) is 0.412. The van der Waals surface area contributed by atoms with Gasteiger partial charge in [-0.15, -0.1) is 0 Å².